The molecule has 0 saturated carbocycles. The number of nitrogens with one attached hydrogen (secondary N) is 1. The molecule has 0 bridgehead atoms. The third-order valence-electron chi connectivity index (χ3n) is 2.31. The Bertz CT molecular complexity index is 589. The van der Waals surface area contributed by atoms with E-state index < -0.39 is 22.6 Å². The summed E-state index contributed by atoms with van der Waals surface area (Å²) in [5.74, 6) is -0.919. The van der Waals surface area contributed by atoms with Gasteiger partial charge in [0.15, 0.2) is 5.82 Å². The lowest BCUT2D eigenvalue weighted by Gasteiger charge is -2.10. The first-order chi connectivity index (χ1) is 8.29. The lowest BCUT2D eigenvalue weighted by atomic mass is 10.1. The largest absolute Gasteiger partial charge is 0.416 e. The molecule has 0 radical (unpaired) electrons. The van der Waals surface area contributed by atoms with Crippen LogP contribution in [0, 0.1) is 12.7 Å². The van der Waals surface area contributed by atoms with Gasteiger partial charge in [0.05, 0.1) is 16.1 Å². The van der Waals surface area contributed by atoms with Gasteiger partial charge in [0.2, 0.25) is 0 Å². The number of aromatic amines is 1. The SMILES string of the molecule is Cc1cnc(-c2cc(C(F)(F)F)cc(Cl)c2F)[nH]1. The van der Waals surface area contributed by atoms with Gasteiger partial charge in [-0.2, -0.15) is 13.2 Å². The first-order valence-corrected chi connectivity index (χ1v) is 5.25. The number of imidazole rings is 1. The minimum absolute atomic E-state index is 0.0120. The summed E-state index contributed by atoms with van der Waals surface area (Å²) in [4.78, 5) is 6.45. The Morgan fingerprint density at radius 2 is 1.94 bits per heavy atom. The number of benzene rings is 1. The summed E-state index contributed by atoms with van der Waals surface area (Å²) in [5, 5.41) is -0.589. The fourth-order valence-corrected chi connectivity index (χ4v) is 1.69. The fraction of sp³-hybridized carbons (Fsp3) is 0.182. The zero-order chi connectivity index (χ0) is 13.5. The summed E-state index contributed by atoms with van der Waals surface area (Å²) in [6.45, 7) is 1.66. The fourth-order valence-electron chi connectivity index (χ4n) is 1.47. The number of aromatic nitrogens is 2. The van der Waals surface area contributed by atoms with Crippen LogP contribution in [0.15, 0.2) is 18.3 Å². The number of alkyl halides is 3. The van der Waals surface area contributed by atoms with Gasteiger partial charge in [-0.1, -0.05) is 11.6 Å². The van der Waals surface area contributed by atoms with Gasteiger partial charge in [0, 0.05) is 11.9 Å². The van der Waals surface area contributed by atoms with Crippen molar-refractivity contribution in [2.75, 3.05) is 0 Å². The predicted molar refractivity (Wildman–Crippen MR) is 58.7 cm³/mol. The van der Waals surface area contributed by atoms with E-state index in [9.17, 15) is 17.6 Å². The van der Waals surface area contributed by atoms with Crippen molar-refractivity contribution >= 4 is 11.6 Å². The summed E-state index contributed by atoms with van der Waals surface area (Å²) >= 11 is 5.47. The molecule has 7 heteroatoms. The minimum atomic E-state index is -4.59. The van der Waals surface area contributed by atoms with Crippen LogP contribution in [0.3, 0.4) is 0 Å². The first kappa shape index (κ1) is 12.9. The molecular weight excluding hydrogens is 272 g/mol. The molecule has 2 nitrogen and oxygen atoms in total. The molecule has 96 valence electrons. The molecule has 0 aliphatic carbocycles. The first-order valence-electron chi connectivity index (χ1n) is 4.87. The van der Waals surface area contributed by atoms with Crippen molar-refractivity contribution in [1.29, 1.82) is 0 Å². The number of nitrogens with zero attached hydrogens (tertiary/aromatic N) is 1. The van der Waals surface area contributed by atoms with Crippen molar-refractivity contribution < 1.29 is 17.6 Å². The monoisotopic (exact) mass is 278 g/mol. The van der Waals surface area contributed by atoms with Crippen LogP contribution < -0.4 is 0 Å². The second kappa shape index (κ2) is 4.28. The standard InChI is InChI=1S/C11H7ClF4N2/c1-5-4-17-10(18-5)7-2-6(11(14,15)16)3-8(12)9(7)13/h2-4H,1H3,(H,17,18). The van der Waals surface area contributed by atoms with Crippen molar-refractivity contribution in [3.05, 3.63) is 40.4 Å². The van der Waals surface area contributed by atoms with Gasteiger partial charge in [-0.3, -0.25) is 0 Å². The van der Waals surface area contributed by atoms with Crippen LogP contribution in [0.5, 0.6) is 0 Å². The average molecular weight is 279 g/mol. The highest BCUT2D eigenvalue weighted by Gasteiger charge is 2.32. The Balaban J connectivity index is 2.63. The molecule has 0 aliphatic heterocycles. The van der Waals surface area contributed by atoms with E-state index in [-0.39, 0.29) is 11.4 Å². The van der Waals surface area contributed by atoms with Gasteiger partial charge in [0.1, 0.15) is 5.82 Å². The summed E-state index contributed by atoms with van der Waals surface area (Å²) < 4.78 is 51.5. The van der Waals surface area contributed by atoms with E-state index in [1.807, 2.05) is 0 Å². The van der Waals surface area contributed by atoms with Crippen LogP contribution >= 0.6 is 11.6 Å². The topological polar surface area (TPSA) is 28.7 Å². The van der Waals surface area contributed by atoms with Crippen molar-refractivity contribution in [1.82, 2.24) is 9.97 Å². The van der Waals surface area contributed by atoms with Gasteiger partial charge in [-0.05, 0) is 19.1 Å². The Morgan fingerprint density at radius 1 is 1.28 bits per heavy atom. The molecule has 0 atom stereocenters. The molecule has 0 aliphatic rings. The number of aryl methyl sites for hydroxylation is 1. The van der Waals surface area contributed by atoms with Crippen LogP contribution in [-0.2, 0) is 6.18 Å². The Hall–Kier alpha value is -1.56. The van der Waals surface area contributed by atoms with Crippen molar-refractivity contribution in [3.63, 3.8) is 0 Å². The molecule has 0 amide bonds. The van der Waals surface area contributed by atoms with E-state index in [2.05, 4.69) is 9.97 Å². The van der Waals surface area contributed by atoms with Crippen LogP contribution in [0.4, 0.5) is 17.6 Å². The van der Waals surface area contributed by atoms with E-state index in [0.29, 0.717) is 17.8 Å². The minimum Gasteiger partial charge on any atom is -0.342 e. The van der Waals surface area contributed by atoms with E-state index >= 15 is 0 Å². The summed E-state index contributed by atoms with van der Waals surface area (Å²) in [6.07, 6.45) is -3.20. The summed E-state index contributed by atoms with van der Waals surface area (Å²) in [6, 6.07) is 1.23. The van der Waals surface area contributed by atoms with Crippen molar-refractivity contribution in [3.8, 4) is 11.4 Å². The third-order valence-corrected chi connectivity index (χ3v) is 2.59. The highest BCUT2D eigenvalue weighted by molar-refractivity contribution is 6.31. The third kappa shape index (κ3) is 2.33. The van der Waals surface area contributed by atoms with Gasteiger partial charge in [-0.25, -0.2) is 9.37 Å². The number of hydrogen-bond acceptors (Lipinski definition) is 1. The molecular formula is C11H7ClF4N2. The molecule has 2 aromatic rings. The predicted octanol–water partition coefficient (Wildman–Crippen LogP) is 4.20. The molecule has 0 fully saturated rings. The summed E-state index contributed by atoms with van der Waals surface area (Å²) in [7, 11) is 0. The molecule has 1 heterocycles. The molecule has 1 aromatic carbocycles. The van der Waals surface area contributed by atoms with Crippen molar-refractivity contribution in [2.24, 2.45) is 0 Å². The lowest BCUT2D eigenvalue weighted by molar-refractivity contribution is -0.137. The maximum Gasteiger partial charge on any atom is 0.416 e. The molecule has 2 rings (SSSR count). The quantitative estimate of drug-likeness (QED) is 0.778. The van der Waals surface area contributed by atoms with Gasteiger partial charge in [-0.15, -0.1) is 0 Å². The van der Waals surface area contributed by atoms with E-state index in [1.54, 1.807) is 6.92 Å². The van der Waals surface area contributed by atoms with Crippen LogP contribution in [0.2, 0.25) is 5.02 Å². The highest BCUT2D eigenvalue weighted by Crippen LogP contribution is 2.36. The van der Waals surface area contributed by atoms with Gasteiger partial charge in [0.25, 0.3) is 0 Å². The zero-order valence-electron chi connectivity index (χ0n) is 9.07. The molecule has 18 heavy (non-hydrogen) atoms. The smallest absolute Gasteiger partial charge is 0.342 e. The van der Waals surface area contributed by atoms with Gasteiger partial charge >= 0.3 is 6.18 Å². The van der Waals surface area contributed by atoms with Crippen LogP contribution in [-0.4, -0.2) is 9.97 Å². The van der Waals surface area contributed by atoms with Crippen molar-refractivity contribution in [2.45, 2.75) is 13.1 Å². The summed E-state index contributed by atoms with van der Waals surface area (Å²) in [5.41, 5.74) is -0.709. The molecule has 0 spiro atoms. The molecule has 1 aromatic heterocycles. The highest BCUT2D eigenvalue weighted by atomic mass is 35.5. The Labute approximate surface area is 105 Å². The molecule has 1 N–H and O–H groups in total. The van der Waals surface area contributed by atoms with Crippen LogP contribution in [0.25, 0.3) is 11.4 Å². The zero-order valence-corrected chi connectivity index (χ0v) is 9.83. The van der Waals surface area contributed by atoms with Crippen LogP contribution in [0.1, 0.15) is 11.3 Å². The van der Waals surface area contributed by atoms with Gasteiger partial charge < -0.3 is 4.98 Å². The molecule has 0 saturated heterocycles. The average Bonchev–Trinajstić information content (AvgIpc) is 2.67. The molecule has 0 unspecified atom stereocenters. The number of halogens is 5. The second-order valence-corrected chi connectivity index (χ2v) is 4.14. The van der Waals surface area contributed by atoms with E-state index in [1.165, 1.54) is 6.20 Å². The normalized spacial score (nSPS) is 11.9. The van der Waals surface area contributed by atoms with E-state index in [0.717, 1.165) is 0 Å². The number of H-pyrrole nitrogens is 1. The lowest BCUT2D eigenvalue weighted by Crippen LogP contribution is -2.06. The maximum absolute atomic E-state index is 13.7. The number of rotatable bonds is 1. The number of hydrogen-bond donors (Lipinski definition) is 1. The second-order valence-electron chi connectivity index (χ2n) is 3.73. The van der Waals surface area contributed by atoms with E-state index in [4.69, 9.17) is 11.6 Å². The Kier molecular flexibility index (Phi) is 3.06. The Morgan fingerprint density at radius 3 is 2.44 bits per heavy atom. The maximum atomic E-state index is 13.7.